The van der Waals surface area contributed by atoms with E-state index in [9.17, 15) is 5.11 Å². The highest BCUT2D eigenvalue weighted by Gasteiger charge is 2.23. The summed E-state index contributed by atoms with van der Waals surface area (Å²) in [5, 5.41) is 9.34. The Morgan fingerprint density at radius 1 is 1.60 bits per heavy atom. The molecule has 58 valence electrons. The van der Waals surface area contributed by atoms with Crippen LogP contribution >= 0.6 is 0 Å². The van der Waals surface area contributed by atoms with Crippen LogP contribution in [0.2, 0.25) is 0 Å². The molecule has 0 aromatic carbocycles. The largest absolute Gasteiger partial charge is 0.389 e. The highest BCUT2D eigenvalue weighted by Crippen LogP contribution is 2.32. The normalized spacial score (nSPS) is 31.6. The van der Waals surface area contributed by atoms with Crippen LogP contribution in [0, 0.1) is 5.41 Å². The van der Waals surface area contributed by atoms with Crippen LogP contribution in [0.5, 0.6) is 0 Å². The summed E-state index contributed by atoms with van der Waals surface area (Å²) in [4.78, 5) is 0. The molecular weight excluding hydrogens is 124 g/mol. The third-order valence-electron chi connectivity index (χ3n) is 2.21. The van der Waals surface area contributed by atoms with Crippen LogP contribution in [0.4, 0.5) is 0 Å². The summed E-state index contributed by atoms with van der Waals surface area (Å²) in [5.41, 5.74) is 1.44. The van der Waals surface area contributed by atoms with Gasteiger partial charge in [-0.1, -0.05) is 19.9 Å². The summed E-state index contributed by atoms with van der Waals surface area (Å²) in [6.07, 6.45) is 4.04. The van der Waals surface area contributed by atoms with E-state index in [2.05, 4.69) is 19.9 Å². The van der Waals surface area contributed by atoms with E-state index in [0.29, 0.717) is 5.41 Å². The summed E-state index contributed by atoms with van der Waals surface area (Å²) in [7, 11) is 0. The van der Waals surface area contributed by atoms with Gasteiger partial charge in [-0.25, -0.2) is 0 Å². The van der Waals surface area contributed by atoms with Crippen molar-refractivity contribution < 1.29 is 5.11 Å². The number of allylic oxidation sites excluding steroid dienone is 1. The molecule has 0 aromatic heterocycles. The average molecular weight is 140 g/mol. The molecule has 1 aliphatic carbocycles. The zero-order chi connectivity index (χ0) is 7.78. The summed E-state index contributed by atoms with van der Waals surface area (Å²) in [6.45, 7) is 6.43. The third kappa shape index (κ3) is 1.60. The van der Waals surface area contributed by atoms with Gasteiger partial charge in [0.2, 0.25) is 0 Å². The fourth-order valence-corrected chi connectivity index (χ4v) is 1.52. The average Bonchev–Trinajstić information content (AvgIpc) is 1.79. The van der Waals surface area contributed by atoms with Crippen molar-refractivity contribution in [3.8, 4) is 0 Å². The first-order valence-electron chi connectivity index (χ1n) is 3.89. The van der Waals surface area contributed by atoms with Crippen molar-refractivity contribution in [1.82, 2.24) is 0 Å². The van der Waals surface area contributed by atoms with E-state index in [0.717, 1.165) is 18.4 Å². The molecule has 0 saturated heterocycles. The Morgan fingerprint density at radius 2 is 2.20 bits per heavy atom. The van der Waals surface area contributed by atoms with Crippen LogP contribution in [-0.2, 0) is 0 Å². The molecule has 1 heteroatoms. The first kappa shape index (κ1) is 7.80. The summed E-state index contributed by atoms with van der Waals surface area (Å²) >= 11 is 0. The fraction of sp³-hybridized carbons (Fsp3) is 0.778. The van der Waals surface area contributed by atoms with Crippen LogP contribution < -0.4 is 0 Å². The first-order valence-corrected chi connectivity index (χ1v) is 3.89. The molecule has 0 spiro atoms. The van der Waals surface area contributed by atoms with Crippen LogP contribution in [0.1, 0.15) is 33.6 Å². The molecule has 1 aliphatic rings. The molecule has 1 nitrogen and oxygen atoms in total. The van der Waals surface area contributed by atoms with Crippen LogP contribution in [0.3, 0.4) is 0 Å². The Bertz CT molecular complexity index is 156. The van der Waals surface area contributed by atoms with Crippen LogP contribution in [0.25, 0.3) is 0 Å². The lowest BCUT2D eigenvalue weighted by Crippen LogP contribution is -2.22. The van der Waals surface area contributed by atoms with Gasteiger partial charge in [0.15, 0.2) is 0 Å². The molecule has 0 saturated carbocycles. The van der Waals surface area contributed by atoms with E-state index >= 15 is 0 Å². The second kappa shape index (κ2) is 2.39. The van der Waals surface area contributed by atoms with Gasteiger partial charge in [-0.3, -0.25) is 0 Å². The van der Waals surface area contributed by atoms with Gasteiger partial charge in [-0.05, 0) is 30.8 Å². The third-order valence-corrected chi connectivity index (χ3v) is 2.21. The SMILES string of the molecule is CC1=CC(C)(C)CC[C@H]1O. The van der Waals surface area contributed by atoms with Crippen LogP contribution in [0.15, 0.2) is 11.6 Å². The second-order valence-corrected chi connectivity index (χ2v) is 3.93. The minimum absolute atomic E-state index is 0.173. The first-order chi connectivity index (χ1) is 4.51. The number of aliphatic hydroxyl groups is 1. The molecule has 0 fully saturated rings. The molecule has 0 aliphatic heterocycles. The van der Waals surface area contributed by atoms with E-state index in [1.165, 1.54) is 0 Å². The van der Waals surface area contributed by atoms with Crippen molar-refractivity contribution in [3.05, 3.63) is 11.6 Å². The molecule has 0 unspecified atom stereocenters. The molecule has 0 amide bonds. The van der Waals surface area contributed by atoms with Crippen molar-refractivity contribution in [1.29, 1.82) is 0 Å². The van der Waals surface area contributed by atoms with Crippen LogP contribution in [-0.4, -0.2) is 11.2 Å². The Morgan fingerprint density at radius 3 is 2.60 bits per heavy atom. The van der Waals surface area contributed by atoms with Gasteiger partial charge >= 0.3 is 0 Å². The van der Waals surface area contributed by atoms with Gasteiger partial charge in [0.1, 0.15) is 0 Å². The standard InChI is InChI=1S/C9H16O/c1-7-6-9(2,3)5-4-8(7)10/h6,8,10H,4-5H2,1-3H3/t8-/m1/s1. The van der Waals surface area contributed by atoms with E-state index in [4.69, 9.17) is 0 Å². The summed E-state index contributed by atoms with van der Waals surface area (Å²) in [5.74, 6) is 0. The Kier molecular flexibility index (Phi) is 1.86. The zero-order valence-electron chi connectivity index (χ0n) is 7.02. The summed E-state index contributed by atoms with van der Waals surface area (Å²) in [6, 6.07) is 0. The van der Waals surface area contributed by atoms with Gasteiger partial charge in [0.25, 0.3) is 0 Å². The van der Waals surface area contributed by atoms with Crippen molar-refractivity contribution in [2.24, 2.45) is 5.41 Å². The molecule has 1 rings (SSSR count). The number of aliphatic hydroxyl groups excluding tert-OH is 1. The monoisotopic (exact) mass is 140 g/mol. The van der Waals surface area contributed by atoms with Crippen molar-refractivity contribution >= 4 is 0 Å². The molecular formula is C9H16O. The maximum atomic E-state index is 9.34. The number of rotatable bonds is 0. The lowest BCUT2D eigenvalue weighted by atomic mass is 9.79. The van der Waals surface area contributed by atoms with Gasteiger partial charge < -0.3 is 5.11 Å². The quantitative estimate of drug-likeness (QED) is 0.511. The van der Waals surface area contributed by atoms with Crippen molar-refractivity contribution in [2.75, 3.05) is 0 Å². The van der Waals surface area contributed by atoms with Gasteiger partial charge in [0.05, 0.1) is 6.10 Å². The Balaban J connectivity index is 2.76. The lowest BCUT2D eigenvalue weighted by Gasteiger charge is -2.29. The molecule has 10 heavy (non-hydrogen) atoms. The molecule has 1 N–H and O–H groups in total. The number of hydrogen-bond donors (Lipinski definition) is 1. The summed E-state index contributed by atoms with van der Waals surface area (Å²) < 4.78 is 0. The maximum absolute atomic E-state index is 9.34. The Hall–Kier alpha value is -0.300. The molecule has 0 heterocycles. The van der Waals surface area contributed by atoms with E-state index < -0.39 is 0 Å². The smallest absolute Gasteiger partial charge is 0.0747 e. The predicted molar refractivity (Wildman–Crippen MR) is 42.8 cm³/mol. The van der Waals surface area contributed by atoms with Gasteiger partial charge in [-0.15, -0.1) is 0 Å². The molecule has 0 radical (unpaired) electrons. The van der Waals surface area contributed by atoms with E-state index in [-0.39, 0.29) is 6.10 Å². The van der Waals surface area contributed by atoms with Gasteiger partial charge in [-0.2, -0.15) is 0 Å². The Labute approximate surface area is 62.8 Å². The van der Waals surface area contributed by atoms with E-state index in [1.54, 1.807) is 0 Å². The van der Waals surface area contributed by atoms with E-state index in [1.807, 2.05) is 6.92 Å². The van der Waals surface area contributed by atoms with Crippen molar-refractivity contribution in [2.45, 2.75) is 39.7 Å². The van der Waals surface area contributed by atoms with Gasteiger partial charge in [0, 0.05) is 0 Å². The maximum Gasteiger partial charge on any atom is 0.0747 e. The highest BCUT2D eigenvalue weighted by molar-refractivity contribution is 5.13. The molecule has 0 aromatic rings. The highest BCUT2D eigenvalue weighted by atomic mass is 16.3. The molecule has 0 bridgehead atoms. The molecule has 1 atom stereocenters. The lowest BCUT2D eigenvalue weighted by molar-refractivity contribution is 0.167. The fourth-order valence-electron chi connectivity index (χ4n) is 1.52. The van der Waals surface area contributed by atoms with Crippen molar-refractivity contribution in [3.63, 3.8) is 0 Å². The predicted octanol–water partition coefficient (Wildman–Crippen LogP) is 2.11. The number of hydrogen-bond acceptors (Lipinski definition) is 1. The zero-order valence-corrected chi connectivity index (χ0v) is 7.02. The minimum Gasteiger partial charge on any atom is -0.389 e. The second-order valence-electron chi connectivity index (χ2n) is 3.93. The minimum atomic E-state index is -0.173. The topological polar surface area (TPSA) is 20.2 Å².